The van der Waals surface area contributed by atoms with Crippen LogP contribution in [0.15, 0.2) is 77.3 Å². The molecule has 0 atom stereocenters. The summed E-state index contributed by atoms with van der Waals surface area (Å²) in [6.45, 7) is 4.54. The lowest BCUT2D eigenvalue weighted by atomic mass is 9.86. The van der Waals surface area contributed by atoms with Crippen molar-refractivity contribution in [3.05, 3.63) is 102 Å². The van der Waals surface area contributed by atoms with Crippen molar-refractivity contribution in [1.29, 1.82) is 0 Å². The Kier molecular flexibility index (Phi) is 12.5. The molecule has 0 saturated carbocycles. The fourth-order valence-electron chi connectivity index (χ4n) is 5.39. The van der Waals surface area contributed by atoms with Crippen molar-refractivity contribution >= 4 is 61.7 Å². The van der Waals surface area contributed by atoms with Crippen molar-refractivity contribution in [2.75, 3.05) is 0 Å². The quantitative estimate of drug-likeness (QED) is 0.0944. The molecule has 0 unspecified atom stereocenters. The van der Waals surface area contributed by atoms with E-state index in [4.69, 9.17) is 23.2 Å². The largest absolute Gasteiger partial charge is 0.0843 e. The van der Waals surface area contributed by atoms with Crippen LogP contribution >= 0.6 is 61.7 Å². The second-order valence-electron chi connectivity index (χ2n) is 10.7. The maximum absolute atomic E-state index is 6.78. The second-order valence-corrected chi connectivity index (χ2v) is 13.7. The smallest absolute Gasteiger partial charge is 0.0423 e. The Balaban J connectivity index is 1.86. The molecule has 4 rings (SSSR count). The molecule has 0 aliphatic rings. The van der Waals surface area contributed by atoms with Crippen LogP contribution < -0.4 is 0 Å². The summed E-state index contributed by atoms with van der Waals surface area (Å²) >= 11 is 19.4. The molecule has 0 N–H and O–H groups in total. The van der Waals surface area contributed by atoms with Crippen molar-refractivity contribution < 1.29 is 0 Å². The normalized spacial score (nSPS) is 11.2. The number of hydrogen-bond acceptors (Lipinski definition) is 0. The summed E-state index contributed by atoms with van der Waals surface area (Å²) in [7, 11) is 0. The van der Waals surface area contributed by atoms with E-state index in [9.17, 15) is 0 Å². The molecule has 0 bridgehead atoms. The highest BCUT2D eigenvalue weighted by Gasteiger charge is 2.16. The van der Waals surface area contributed by atoms with Gasteiger partial charge in [0.25, 0.3) is 0 Å². The Morgan fingerprint density at radius 3 is 1.57 bits per heavy atom. The lowest BCUT2D eigenvalue weighted by Crippen LogP contribution is -1.99. The van der Waals surface area contributed by atoms with Crippen LogP contribution in [0.5, 0.6) is 0 Å². The van der Waals surface area contributed by atoms with E-state index in [-0.39, 0.29) is 0 Å². The molecule has 0 fully saturated rings. The third-order valence-corrected chi connectivity index (χ3v) is 9.10. The van der Waals surface area contributed by atoms with Gasteiger partial charge in [-0.3, -0.25) is 0 Å². The third kappa shape index (κ3) is 8.84. The van der Waals surface area contributed by atoms with Crippen LogP contribution in [0.2, 0.25) is 10.0 Å². The Morgan fingerprint density at radius 1 is 0.550 bits per heavy atom. The first kappa shape index (κ1) is 31.6. The predicted octanol–water partition coefficient (Wildman–Crippen LogP) is 13.6. The van der Waals surface area contributed by atoms with Crippen molar-refractivity contribution in [1.82, 2.24) is 0 Å². The minimum Gasteiger partial charge on any atom is -0.0843 e. The summed E-state index contributed by atoms with van der Waals surface area (Å²) in [4.78, 5) is 0. The van der Waals surface area contributed by atoms with Crippen LogP contribution in [0.4, 0.5) is 0 Å². The molecular weight excluding hydrogens is 710 g/mol. The number of benzene rings is 4. The standard InChI is InChI=1S/C36H38BrCl2I/c1-3-5-7-9-11-26-23-36(30-18-31(37)24-33(39)21-30)27(12-10-8-6-4-2)22-35(26)29-17-28(19-32(38)20-29)25-13-15-34(40)16-14-25/h13-24H,3-12H2,1-2H3. The molecule has 40 heavy (non-hydrogen) atoms. The van der Waals surface area contributed by atoms with E-state index in [1.54, 1.807) is 0 Å². The monoisotopic (exact) mass is 746 g/mol. The summed E-state index contributed by atoms with van der Waals surface area (Å²) < 4.78 is 2.24. The predicted molar refractivity (Wildman–Crippen MR) is 189 cm³/mol. The van der Waals surface area contributed by atoms with Gasteiger partial charge in [-0.1, -0.05) is 116 Å². The molecule has 0 spiro atoms. The van der Waals surface area contributed by atoms with Crippen LogP contribution in [0, 0.1) is 3.57 Å². The number of aryl methyl sites for hydroxylation is 2. The van der Waals surface area contributed by atoms with Crippen molar-refractivity contribution in [3.63, 3.8) is 0 Å². The summed E-state index contributed by atoms with van der Waals surface area (Å²) in [5.41, 5.74) is 10.1. The third-order valence-electron chi connectivity index (χ3n) is 7.49. The van der Waals surface area contributed by atoms with Gasteiger partial charge in [0.2, 0.25) is 0 Å². The first-order valence-electron chi connectivity index (χ1n) is 14.6. The zero-order valence-corrected chi connectivity index (χ0v) is 28.8. The van der Waals surface area contributed by atoms with Gasteiger partial charge in [0.15, 0.2) is 0 Å². The van der Waals surface area contributed by atoms with Gasteiger partial charge in [0.1, 0.15) is 0 Å². The average Bonchev–Trinajstić information content (AvgIpc) is 2.93. The number of unbranched alkanes of at least 4 members (excludes halogenated alkanes) is 6. The first-order chi connectivity index (χ1) is 19.4. The first-order valence-corrected chi connectivity index (χ1v) is 17.2. The van der Waals surface area contributed by atoms with Gasteiger partial charge >= 0.3 is 0 Å². The molecule has 0 amide bonds. The van der Waals surface area contributed by atoms with Gasteiger partial charge in [0, 0.05) is 18.1 Å². The maximum Gasteiger partial charge on any atom is 0.0423 e. The zero-order valence-electron chi connectivity index (χ0n) is 23.5. The molecular formula is C36H38BrCl2I. The van der Waals surface area contributed by atoms with E-state index in [0.717, 1.165) is 32.9 Å². The number of rotatable bonds is 13. The van der Waals surface area contributed by atoms with E-state index in [2.05, 4.69) is 119 Å². The highest BCUT2D eigenvalue weighted by Crippen LogP contribution is 2.39. The molecule has 0 aliphatic heterocycles. The number of hydrogen-bond donors (Lipinski definition) is 0. The van der Waals surface area contributed by atoms with Gasteiger partial charge in [-0.15, -0.1) is 0 Å². The fraction of sp³-hybridized carbons (Fsp3) is 0.333. The Bertz CT molecular complexity index is 1390. The Hall–Kier alpha value is -1.33. The van der Waals surface area contributed by atoms with Gasteiger partial charge in [-0.05, 0) is 141 Å². The van der Waals surface area contributed by atoms with E-state index in [1.165, 1.54) is 93.9 Å². The minimum atomic E-state index is 0.756. The van der Waals surface area contributed by atoms with Crippen LogP contribution in [0.25, 0.3) is 33.4 Å². The van der Waals surface area contributed by atoms with Crippen LogP contribution in [0.1, 0.15) is 76.3 Å². The number of halogens is 4. The minimum absolute atomic E-state index is 0.756. The Labute approximate surface area is 273 Å². The average molecular weight is 748 g/mol. The maximum atomic E-state index is 6.78. The van der Waals surface area contributed by atoms with Crippen LogP contribution in [-0.2, 0) is 12.8 Å². The lowest BCUT2D eigenvalue weighted by molar-refractivity contribution is 0.664. The fourth-order valence-corrected chi connectivity index (χ4v) is 6.84. The molecule has 0 radical (unpaired) electrons. The molecule has 4 aromatic rings. The van der Waals surface area contributed by atoms with E-state index >= 15 is 0 Å². The van der Waals surface area contributed by atoms with Crippen LogP contribution in [-0.4, -0.2) is 0 Å². The van der Waals surface area contributed by atoms with Gasteiger partial charge < -0.3 is 0 Å². The molecule has 4 aromatic carbocycles. The molecule has 0 heterocycles. The van der Waals surface area contributed by atoms with E-state index in [1.807, 2.05) is 6.07 Å². The topological polar surface area (TPSA) is 0 Å². The lowest BCUT2D eigenvalue weighted by Gasteiger charge is -2.19. The van der Waals surface area contributed by atoms with Crippen molar-refractivity contribution in [2.24, 2.45) is 0 Å². The molecule has 0 nitrogen and oxygen atoms in total. The van der Waals surface area contributed by atoms with Crippen molar-refractivity contribution in [2.45, 2.75) is 78.1 Å². The van der Waals surface area contributed by atoms with Gasteiger partial charge in [-0.25, -0.2) is 0 Å². The highest BCUT2D eigenvalue weighted by molar-refractivity contribution is 14.1. The van der Waals surface area contributed by atoms with E-state index < -0.39 is 0 Å². The molecule has 4 heteroatoms. The summed E-state index contributed by atoms with van der Waals surface area (Å²) in [5.74, 6) is 0. The van der Waals surface area contributed by atoms with Gasteiger partial charge in [0.05, 0.1) is 0 Å². The summed E-state index contributed by atoms with van der Waals surface area (Å²) in [6.07, 6.45) is 12.0. The zero-order chi connectivity index (χ0) is 28.5. The second kappa shape index (κ2) is 15.8. The highest BCUT2D eigenvalue weighted by atomic mass is 127. The molecule has 0 saturated heterocycles. The molecule has 0 aromatic heterocycles. The molecule has 210 valence electrons. The van der Waals surface area contributed by atoms with Gasteiger partial charge in [-0.2, -0.15) is 0 Å². The van der Waals surface area contributed by atoms with Crippen LogP contribution in [0.3, 0.4) is 0 Å². The molecule has 0 aliphatic carbocycles. The Morgan fingerprint density at radius 2 is 1.05 bits per heavy atom. The van der Waals surface area contributed by atoms with Crippen molar-refractivity contribution in [3.8, 4) is 33.4 Å². The van der Waals surface area contributed by atoms with E-state index in [0.29, 0.717) is 0 Å². The summed E-state index contributed by atoms with van der Waals surface area (Å²) in [5, 5.41) is 1.53. The summed E-state index contributed by atoms with van der Waals surface area (Å²) in [6, 6.07) is 26.4. The SMILES string of the molecule is CCCCCCc1cc(-c2cc(Cl)cc(-c3ccc(I)cc3)c2)c(CCCCCC)cc1-c1cc(Cl)cc(Br)c1.